The SMILES string of the molecule is COc1ccc(NC(=O)CN2CCN(c3nc4c(c(=O)n(C)c(=O)n4C)n3Cc3ccc(Cl)cc3)CC2)c(OC)c1. The number of hydrogen-bond acceptors (Lipinski definition) is 8. The summed E-state index contributed by atoms with van der Waals surface area (Å²) in [6.45, 7) is 2.96. The van der Waals surface area contributed by atoms with Crippen molar-refractivity contribution in [3.63, 3.8) is 0 Å². The van der Waals surface area contributed by atoms with E-state index in [2.05, 4.69) is 15.1 Å². The van der Waals surface area contributed by atoms with Gasteiger partial charge >= 0.3 is 5.69 Å². The topological polar surface area (TPSA) is 116 Å². The van der Waals surface area contributed by atoms with Gasteiger partial charge in [-0.25, -0.2) is 4.79 Å². The van der Waals surface area contributed by atoms with E-state index in [9.17, 15) is 14.4 Å². The number of aromatic nitrogens is 4. The lowest BCUT2D eigenvalue weighted by Crippen LogP contribution is -2.49. The first kappa shape index (κ1) is 28.2. The fourth-order valence-corrected chi connectivity index (χ4v) is 5.13. The quantitative estimate of drug-likeness (QED) is 0.336. The van der Waals surface area contributed by atoms with Crippen LogP contribution >= 0.6 is 11.6 Å². The maximum absolute atomic E-state index is 13.2. The monoisotopic (exact) mass is 581 g/mol. The molecule has 12 nitrogen and oxygen atoms in total. The zero-order valence-electron chi connectivity index (χ0n) is 23.4. The summed E-state index contributed by atoms with van der Waals surface area (Å²) >= 11 is 6.08. The van der Waals surface area contributed by atoms with Crippen LogP contribution in [-0.2, 0) is 25.4 Å². The number of fused-ring (bicyclic) bond motifs is 1. The number of rotatable bonds is 8. The summed E-state index contributed by atoms with van der Waals surface area (Å²) in [6, 6.07) is 12.6. The van der Waals surface area contributed by atoms with E-state index in [1.165, 1.54) is 18.7 Å². The number of nitrogens with zero attached hydrogens (tertiary/aromatic N) is 6. The van der Waals surface area contributed by atoms with Gasteiger partial charge in [0.1, 0.15) is 11.5 Å². The van der Waals surface area contributed by atoms with Gasteiger partial charge in [0.2, 0.25) is 11.9 Å². The number of methoxy groups -OCH3 is 2. The molecule has 5 rings (SSSR count). The van der Waals surface area contributed by atoms with Gasteiger partial charge in [0.15, 0.2) is 11.2 Å². The lowest BCUT2D eigenvalue weighted by molar-refractivity contribution is -0.117. The minimum atomic E-state index is -0.436. The highest BCUT2D eigenvalue weighted by Gasteiger charge is 2.26. The molecule has 216 valence electrons. The molecule has 3 heterocycles. The fraction of sp³-hybridized carbons (Fsp3) is 0.357. The third-order valence-electron chi connectivity index (χ3n) is 7.29. The predicted molar refractivity (Wildman–Crippen MR) is 158 cm³/mol. The van der Waals surface area contributed by atoms with Crippen molar-refractivity contribution < 1.29 is 14.3 Å². The average Bonchev–Trinajstić information content (AvgIpc) is 3.35. The standard InChI is InChI=1S/C28H32ClN7O5/c1-32-25-24(26(38)33(2)28(32)39)36(16-18-5-7-19(29)8-6-18)27(31-25)35-13-11-34(12-14-35)17-23(37)30-21-10-9-20(40-3)15-22(21)41-4/h5-10,15H,11-14,16-17H2,1-4H3,(H,30,37). The highest BCUT2D eigenvalue weighted by atomic mass is 35.5. The van der Waals surface area contributed by atoms with Crippen molar-refractivity contribution in [3.8, 4) is 11.5 Å². The molecule has 1 saturated heterocycles. The number of ether oxygens (including phenoxy) is 2. The molecule has 0 saturated carbocycles. The molecule has 1 N–H and O–H groups in total. The highest BCUT2D eigenvalue weighted by molar-refractivity contribution is 6.30. The van der Waals surface area contributed by atoms with Crippen molar-refractivity contribution >= 4 is 40.3 Å². The molecule has 0 unspecified atom stereocenters. The van der Waals surface area contributed by atoms with Crippen LogP contribution < -0.4 is 30.9 Å². The fourth-order valence-electron chi connectivity index (χ4n) is 5.00. The minimum absolute atomic E-state index is 0.157. The first-order chi connectivity index (χ1) is 19.7. The third-order valence-corrected chi connectivity index (χ3v) is 7.54. The van der Waals surface area contributed by atoms with Gasteiger partial charge in [-0.2, -0.15) is 4.98 Å². The largest absolute Gasteiger partial charge is 0.497 e. The highest BCUT2D eigenvalue weighted by Crippen LogP contribution is 2.29. The van der Waals surface area contributed by atoms with Gasteiger partial charge in [-0.05, 0) is 29.8 Å². The van der Waals surface area contributed by atoms with Gasteiger partial charge < -0.3 is 19.7 Å². The van der Waals surface area contributed by atoms with Crippen LogP contribution in [0.2, 0.25) is 5.02 Å². The lowest BCUT2D eigenvalue weighted by Gasteiger charge is -2.35. The summed E-state index contributed by atoms with van der Waals surface area (Å²) in [4.78, 5) is 47.6. The Kier molecular flexibility index (Phi) is 8.04. The van der Waals surface area contributed by atoms with Crippen molar-refractivity contribution in [2.75, 3.05) is 57.2 Å². The van der Waals surface area contributed by atoms with E-state index >= 15 is 0 Å². The number of imidazole rings is 1. The Labute approximate surface area is 241 Å². The molecule has 13 heteroatoms. The van der Waals surface area contributed by atoms with Crippen LogP contribution in [0.1, 0.15) is 5.56 Å². The van der Waals surface area contributed by atoms with Gasteiger partial charge in [-0.15, -0.1) is 0 Å². The molecule has 1 aliphatic rings. The van der Waals surface area contributed by atoms with Gasteiger partial charge in [0.05, 0.1) is 33.0 Å². The van der Waals surface area contributed by atoms with E-state index in [0.29, 0.717) is 72.0 Å². The average molecular weight is 582 g/mol. The van der Waals surface area contributed by atoms with Gasteiger partial charge in [-0.3, -0.25) is 28.2 Å². The molecule has 2 aromatic carbocycles. The molecular formula is C28H32ClN7O5. The van der Waals surface area contributed by atoms with Crippen molar-refractivity contribution in [3.05, 3.63) is 73.9 Å². The molecule has 0 atom stereocenters. The first-order valence-corrected chi connectivity index (χ1v) is 13.5. The Morgan fingerprint density at radius 3 is 2.34 bits per heavy atom. The van der Waals surface area contributed by atoms with Crippen molar-refractivity contribution in [1.29, 1.82) is 0 Å². The van der Waals surface area contributed by atoms with Crippen LogP contribution in [0.25, 0.3) is 11.2 Å². The summed E-state index contributed by atoms with van der Waals surface area (Å²) in [7, 11) is 6.19. The second-order valence-electron chi connectivity index (χ2n) is 9.88. The van der Waals surface area contributed by atoms with Crippen LogP contribution in [0, 0.1) is 0 Å². The molecule has 0 aliphatic carbocycles. The van der Waals surface area contributed by atoms with E-state index in [1.54, 1.807) is 44.5 Å². The Bertz CT molecular complexity index is 1700. The van der Waals surface area contributed by atoms with Gasteiger partial charge in [0, 0.05) is 51.4 Å². The van der Waals surface area contributed by atoms with E-state index in [1.807, 2.05) is 16.7 Å². The van der Waals surface area contributed by atoms with Gasteiger partial charge in [-0.1, -0.05) is 23.7 Å². The molecule has 0 radical (unpaired) electrons. The van der Waals surface area contributed by atoms with E-state index in [0.717, 1.165) is 10.1 Å². The summed E-state index contributed by atoms with van der Waals surface area (Å²) in [5.74, 6) is 1.59. The number of hydrogen-bond donors (Lipinski definition) is 1. The van der Waals surface area contributed by atoms with Crippen molar-refractivity contribution in [1.82, 2.24) is 23.6 Å². The third kappa shape index (κ3) is 5.66. The number of halogens is 1. The second-order valence-corrected chi connectivity index (χ2v) is 10.3. The Morgan fingerprint density at radius 2 is 1.68 bits per heavy atom. The van der Waals surface area contributed by atoms with Gasteiger partial charge in [0.25, 0.3) is 5.56 Å². The number of anilines is 2. The number of piperazine rings is 1. The number of amides is 1. The predicted octanol–water partition coefficient (Wildman–Crippen LogP) is 1.91. The maximum atomic E-state index is 13.2. The molecule has 1 fully saturated rings. The van der Waals surface area contributed by atoms with E-state index in [-0.39, 0.29) is 12.5 Å². The van der Waals surface area contributed by atoms with E-state index in [4.69, 9.17) is 26.1 Å². The lowest BCUT2D eigenvalue weighted by atomic mass is 10.2. The summed E-state index contributed by atoms with van der Waals surface area (Å²) < 4.78 is 15.0. The minimum Gasteiger partial charge on any atom is -0.497 e. The number of carbonyl (C=O) groups is 1. The molecule has 1 amide bonds. The second kappa shape index (κ2) is 11.7. The number of aryl methyl sites for hydroxylation is 1. The number of nitrogens with one attached hydrogen (secondary N) is 1. The van der Waals surface area contributed by atoms with Crippen molar-refractivity contribution in [2.24, 2.45) is 14.1 Å². The molecule has 1 aliphatic heterocycles. The smallest absolute Gasteiger partial charge is 0.332 e. The summed E-state index contributed by atoms with van der Waals surface area (Å²) in [6.07, 6.45) is 0. The van der Waals surface area contributed by atoms with Crippen LogP contribution in [0.3, 0.4) is 0 Å². The Hall–Kier alpha value is -4.29. The molecule has 0 spiro atoms. The molecule has 4 aromatic rings. The van der Waals surface area contributed by atoms with E-state index < -0.39 is 11.2 Å². The van der Waals surface area contributed by atoms with Crippen LogP contribution in [0.4, 0.5) is 11.6 Å². The molecule has 2 aromatic heterocycles. The van der Waals surface area contributed by atoms with Crippen LogP contribution in [-0.4, -0.2) is 76.4 Å². The maximum Gasteiger partial charge on any atom is 0.332 e. The van der Waals surface area contributed by atoms with Crippen LogP contribution in [0.5, 0.6) is 11.5 Å². The van der Waals surface area contributed by atoms with Crippen LogP contribution in [0.15, 0.2) is 52.1 Å². The molecule has 41 heavy (non-hydrogen) atoms. The summed E-state index contributed by atoms with van der Waals surface area (Å²) in [5, 5.41) is 3.53. The molecule has 0 bridgehead atoms. The van der Waals surface area contributed by atoms with Crippen molar-refractivity contribution in [2.45, 2.75) is 6.54 Å². The summed E-state index contributed by atoms with van der Waals surface area (Å²) in [5.41, 5.74) is 1.36. The zero-order chi connectivity index (χ0) is 29.3. The zero-order valence-corrected chi connectivity index (χ0v) is 24.1. The normalized spacial score (nSPS) is 13.9. The Morgan fingerprint density at radius 1 is 0.976 bits per heavy atom. The first-order valence-electron chi connectivity index (χ1n) is 13.1. The molecular weight excluding hydrogens is 550 g/mol. The number of carbonyl (C=O) groups excluding carboxylic acids is 1. The Balaban J connectivity index is 1.35. The number of benzene rings is 2.